The van der Waals surface area contributed by atoms with Crippen LogP contribution < -0.4 is 15.4 Å². The van der Waals surface area contributed by atoms with Gasteiger partial charge in [0.1, 0.15) is 11.8 Å². The van der Waals surface area contributed by atoms with E-state index in [1.54, 1.807) is 28.1 Å². The molecule has 1 aliphatic rings. The van der Waals surface area contributed by atoms with Crippen LogP contribution in [-0.4, -0.2) is 75.0 Å². The Balaban J connectivity index is 0.00000338. The van der Waals surface area contributed by atoms with Crippen LogP contribution >= 0.6 is 12.4 Å². The van der Waals surface area contributed by atoms with E-state index in [0.29, 0.717) is 0 Å². The fourth-order valence-corrected chi connectivity index (χ4v) is 3.10. The molecule has 0 saturated carbocycles. The van der Waals surface area contributed by atoms with Gasteiger partial charge >= 0.3 is 0 Å². The average molecular weight is 385 g/mol. The van der Waals surface area contributed by atoms with Gasteiger partial charge in [0.15, 0.2) is 0 Å². The van der Waals surface area contributed by atoms with E-state index in [2.05, 4.69) is 15.5 Å². The predicted molar refractivity (Wildman–Crippen MR) is 104 cm³/mol. The lowest BCUT2D eigenvalue weighted by atomic mass is 10.0. The summed E-state index contributed by atoms with van der Waals surface area (Å²) in [6.45, 7) is 4.28. The molecular weight excluding hydrogens is 356 g/mol. The quantitative estimate of drug-likeness (QED) is 0.753. The molecule has 1 aromatic carbocycles. The Morgan fingerprint density at radius 1 is 1.38 bits per heavy atom. The van der Waals surface area contributed by atoms with Crippen LogP contribution in [0.15, 0.2) is 24.3 Å². The van der Waals surface area contributed by atoms with E-state index in [9.17, 15) is 9.59 Å². The number of nitrogens with one attached hydrogen (secondary N) is 2. The molecule has 2 rings (SSSR count). The Morgan fingerprint density at radius 2 is 2.08 bits per heavy atom. The average Bonchev–Trinajstić information content (AvgIpc) is 2.61. The lowest BCUT2D eigenvalue weighted by molar-refractivity contribution is -0.134. The second kappa shape index (κ2) is 10.4. The van der Waals surface area contributed by atoms with Crippen molar-refractivity contribution >= 4 is 24.2 Å². The second-order valence-corrected chi connectivity index (χ2v) is 6.45. The number of ether oxygens (including phenoxy) is 1. The van der Waals surface area contributed by atoms with Crippen molar-refractivity contribution in [2.24, 2.45) is 0 Å². The topological polar surface area (TPSA) is 73.9 Å². The van der Waals surface area contributed by atoms with Gasteiger partial charge in [0.05, 0.1) is 19.7 Å². The summed E-state index contributed by atoms with van der Waals surface area (Å²) in [5.41, 5.74) is 1.06. The third-order valence-electron chi connectivity index (χ3n) is 4.39. The molecule has 2 amide bonds. The van der Waals surface area contributed by atoms with Crippen LogP contribution in [0.2, 0.25) is 0 Å². The molecule has 2 N–H and O–H groups in total. The number of methoxy groups -OCH3 is 1. The summed E-state index contributed by atoms with van der Waals surface area (Å²) >= 11 is 0. The van der Waals surface area contributed by atoms with Gasteiger partial charge in [0.2, 0.25) is 11.8 Å². The highest BCUT2D eigenvalue weighted by Gasteiger charge is 2.28. The van der Waals surface area contributed by atoms with Gasteiger partial charge in [-0.2, -0.15) is 0 Å². The lowest BCUT2D eigenvalue weighted by Crippen LogP contribution is -2.52. The summed E-state index contributed by atoms with van der Waals surface area (Å²) < 4.78 is 5.47. The number of para-hydroxylation sites is 1. The van der Waals surface area contributed by atoms with Crippen molar-refractivity contribution in [2.45, 2.75) is 19.0 Å². The molecule has 0 spiro atoms. The minimum Gasteiger partial charge on any atom is -0.496 e. The summed E-state index contributed by atoms with van der Waals surface area (Å²) in [6.07, 6.45) is 0. The summed E-state index contributed by atoms with van der Waals surface area (Å²) in [5.74, 6) is 0.553. The first-order valence-corrected chi connectivity index (χ1v) is 8.52. The van der Waals surface area contributed by atoms with E-state index in [-0.39, 0.29) is 36.8 Å². The summed E-state index contributed by atoms with van der Waals surface area (Å²) in [5, 5.41) is 6.16. The van der Waals surface area contributed by atoms with Crippen LogP contribution in [0.3, 0.4) is 0 Å². The van der Waals surface area contributed by atoms with Gasteiger partial charge < -0.3 is 20.3 Å². The fraction of sp³-hybridized carbons (Fsp3) is 0.556. The molecule has 1 aliphatic heterocycles. The van der Waals surface area contributed by atoms with E-state index in [4.69, 9.17) is 4.74 Å². The van der Waals surface area contributed by atoms with Gasteiger partial charge in [0, 0.05) is 39.3 Å². The minimum absolute atomic E-state index is 0. The molecular formula is C18H29ClN4O3. The SMILES string of the molecule is COc1ccccc1C1CNCCN1CC(=O)NC(C)C(=O)N(C)C.Cl. The molecule has 1 heterocycles. The minimum atomic E-state index is -0.532. The Labute approximate surface area is 161 Å². The van der Waals surface area contributed by atoms with Gasteiger partial charge in [-0.1, -0.05) is 18.2 Å². The Kier molecular flexibility index (Phi) is 8.84. The normalized spacial score (nSPS) is 18.4. The van der Waals surface area contributed by atoms with E-state index in [1.165, 1.54) is 4.90 Å². The number of piperazine rings is 1. The van der Waals surface area contributed by atoms with Crippen LogP contribution in [-0.2, 0) is 9.59 Å². The molecule has 2 unspecified atom stereocenters. The van der Waals surface area contributed by atoms with E-state index in [1.807, 2.05) is 24.3 Å². The maximum Gasteiger partial charge on any atom is 0.244 e. The highest BCUT2D eigenvalue weighted by Crippen LogP contribution is 2.29. The van der Waals surface area contributed by atoms with Crippen molar-refractivity contribution < 1.29 is 14.3 Å². The number of carbonyl (C=O) groups excluding carboxylic acids is 2. The van der Waals surface area contributed by atoms with Crippen LogP contribution in [0.25, 0.3) is 0 Å². The zero-order valence-electron chi connectivity index (χ0n) is 15.8. The molecule has 8 heteroatoms. The Hall–Kier alpha value is -1.83. The first kappa shape index (κ1) is 22.2. The Morgan fingerprint density at radius 3 is 2.73 bits per heavy atom. The number of carbonyl (C=O) groups is 2. The number of nitrogens with zero attached hydrogens (tertiary/aromatic N) is 2. The Bertz CT molecular complexity index is 612. The molecule has 0 aliphatic carbocycles. The summed E-state index contributed by atoms with van der Waals surface area (Å²) in [7, 11) is 5.01. The number of hydrogen-bond acceptors (Lipinski definition) is 5. The van der Waals surface area contributed by atoms with Crippen LogP contribution in [0.5, 0.6) is 5.75 Å². The fourth-order valence-electron chi connectivity index (χ4n) is 3.10. The number of benzene rings is 1. The van der Waals surface area contributed by atoms with Crippen molar-refractivity contribution in [1.82, 2.24) is 20.4 Å². The van der Waals surface area contributed by atoms with Gasteiger partial charge in [-0.15, -0.1) is 12.4 Å². The van der Waals surface area contributed by atoms with Crippen LogP contribution in [0.4, 0.5) is 0 Å². The lowest BCUT2D eigenvalue weighted by Gasteiger charge is -2.36. The van der Waals surface area contributed by atoms with Crippen LogP contribution in [0.1, 0.15) is 18.5 Å². The molecule has 1 saturated heterocycles. The standard InChI is InChI=1S/C18H28N4O3.ClH/c1-13(18(24)21(2)3)20-17(23)12-22-10-9-19-11-15(22)14-7-5-6-8-16(14)25-4;/h5-8,13,15,19H,9-12H2,1-4H3,(H,20,23);1H. The van der Waals surface area contributed by atoms with Crippen molar-refractivity contribution in [1.29, 1.82) is 0 Å². The van der Waals surface area contributed by atoms with Crippen LogP contribution in [0, 0.1) is 0 Å². The third-order valence-corrected chi connectivity index (χ3v) is 4.39. The first-order valence-electron chi connectivity index (χ1n) is 8.52. The highest BCUT2D eigenvalue weighted by molar-refractivity contribution is 5.87. The van der Waals surface area contributed by atoms with E-state index < -0.39 is 6.04 Å². The zero-order chi connectivity index (χ0) is 18.4. The molecule has 0 radical (unpaired) electrons. The molecule has 0 aromatic heterocycles. The van der Waals surface area contributed by atoms with Gasteiger partial charge in [-0.05, 0) is 13.0 Å². The van der Waals surface area contributed by atoms with Gasteiger partial charge in [-0.3, -0.25) is 14.5 Å². The van der Waals surface area contributed by atoms with Gasteiger partial charge in [0.25, 0.3) is 0 Å². The maximum absolute atomic E-state index is 12.4. The van der Waals surface area contributed by atoms with Crippen molar-refractivity contribution in [3.63, 3.8) is 0 Å². The number of likely N-dealkylation sites (N-methyl/N-ethyl adjacent to an activating group) is 1. The van der Waals surface area contributed by atoms with Gasteiger partial charge in [-0.25, -0.2) is 0 Å². The monoisotopic (exact) mass is 384 g/mol. The van der Waals surface area contributed by atoms with E-state index >= 15 is 0 Å². The van der Waals surface area contributed by atoms with E-state index in [0.717, 1.165) is 30.9 Å². The van der Waals surface area contributed by atoms with Crippen molar-refractivity contribution in [3.8, 4) is 5.75 Å². The maximum atomic E-state index is 12.4. The molecule has 146 valence electrons. The molecule has 2 atom stereocenters. The largest absolute Gasteiger partial charge is 0.496 e. The number of hydrogen-bond donors (Lipinski definition) is 2. The smallest absolute Gasteiger partial charge is 0.244 e. The summed E-state index contributed by atoms with van der Waals surface area (Å²) in [6, 6.07) is 7.39. The third kappa shape index (κ3) is 5.59. The molecule has 0 bridgehead atoms. The molecule has 1 aromatic rings. The predicted octanol–water partition coefficient (Wildman–Crippen LogP) is 0.656. The number of amides is 2. The summed E-state index contributed by atoms with van der Waals surface area (Å²) in [4.78, 5) is 27.9. The molecule has 7 nitrogen and oxygen atoms in total. The zero-order valence-corrected chi connectivity index (χ0v) is 16.6. The van der Waals surface area contributed by atoms with Crippen molar-refractivity contribution in [2.75, 3.05) is 47.4 Å². The molecule has 1 fully saturated rings. The highest BCUT2D eigenvalue weighted by atomic mass is 35.5. The second-order valence-electron chi connectivity index (χ2n) is 6.45. The number of halogens is 1. The van der Waals surface area contributed by atoms with Crippen molar-refractivity contribution in [3.05, 3.63) is 29.8 Å². The molecule has 26 heavy (non-hydrogen) atoms. The first-order chi connectivity index (χ1) is 11.9. The number of rotatable bonds is 6.